The number of nitrogens with two attached hydrogens (primary N) is 1. The Bertz CT molecular complexity index is 779. The Hall–Kier alpha value is -2.67. The largest absolute Gasteiger partial charge is 0.369 e. The van der Waals surface area contributed by atoms with Crippen LogP contribution < -0.4 is 16.4 Å². The number of aromatic nitrogens is 1. The molecule has 1 atom stereocenters. The highest BCUT2D eigenvalue weighted by atomic mass is 16.2. The summed E-state index contributed by atoms with van der Waals surface area (Å²) in [5, 5.41) is 6.73. The average Bonchev–Trinajstić information content (AvgIpc) is 2.65. The van der Waals surface area contributed by atoms with Gasteiger partial charge in [0.2, 0.25) is 5.91 Å². The summed E-state index contributed by atoms with van der Waals surface area (Å²) in [5.74, 6) is -0.251. The Morgan fingerprint density at radius 1 is 1.31 bits per heavy atom. The van der Waals surface area contributed by atoms with Crippen LogP contribution in [0.5, 0.6) is 0 Å². The van der Waals surface area contributed by atoms with Gasteiger partial charge in [-0.3, -0.25) is 9.78 Å². The molecule has 7 heteroatoms. The molecule has 2 heterocycles. The fourth-order valence-electron chi connectivity index (χ4n) is 3.31. The van der Waals surface area contributed by atoms with Gasteiger partial charge in [0.1, 0.15) is 0 Å². The van der Waals surface area contributed by atoms with Crippen LogP contribution in [0.4, 0.5) is 10.5 Å². The molecule has 1 saturated heterocycles. The number of benzene rings is 1. The lowest BCUT2D eigenvalue weighted by molar-refractivity contribution is -0.123. The third kappa shape index (κ3) is 4.92. The first-order chi connectivity index (χ1) is 12.6. The van der Waals surface area contributed by atoms with Crippen LogP contribution in [-0.2, 0) is 4.79 Å². The zero-order valence-corrected chi connectivity index (χ0v) is 14.8. The monoisotopic (exact) mass is 355 g/mol. The van der Waals surface area contributed by atoms with Crippen molar-refractivity contribution in [1.82, 2.24) is 15.2 Å². The molecule has 0 unspecified atom stereocenters. The summed E-state index contributed by atoms with van der Waals surface area (Å²) in [6.45, 7) is 3.14. The minimum Gasteiger partial charge on any atom is -0.369 e. The van der Waals surface area contributed by atoms with Crippen LogP contribution in [-0.4, -0.2) is 48.0 Å². The Morgan fingerprint density at radius 3 is 3.04 bits per heavy atom. The molecule has 1 aliphatic heterocycles. The van der Waals surface area contributed by atoms with E-state index in [0.29, 0.717) is 12.2 Å². The summed E-state index contributed by atoms with van der Waals surface area (Å²) in [4.78, 5) is 29.9. The van der Waals surface area contributed by atoms with Gasteiger partial charge >= 0.3 is 6.03 Å². The molecular weight excluding hydrogens is 330 g/mol. The number of piperidine rings is 1. The highest BCUT2D eigenvalue weighted by Gasteiger charge is 2.23. The molecule has 2 aromatic rings. The summed E-state index contributed by atoms with van der Waals surface area (Å²) in [6.07, 6.45) is 4.44. The summed E-state index contributed by atoms with van der Waals surface area (Å²) >= 11 is 0. The second-order valence-electron chi connectivity index (χ2n) is 6.69. The van der Waals surface area contributed by atoms with E-state index in [4.69, 9.17) is 5.73 Å². The van der Waals surface area contributed by atoms with Crippen LogP contribution >= 0.6 is 0 Å². The fraction of sp³-hybridized carbons (Fsp3) is 0.421. The Morgan fingerprint density at radius 2 is 2.19 bits per heavy atom. The number of primary amides is 1. The molecule has 138 valence electrons. The molecule has 0 aliphatic carbocycles. The number of pyridine rings is 1. The number of carbonyl (C=O) groups excluding carboxylic acids is 2. The van der Waals surface area contributed by atoms with Gasteiger partial charge in [-0.2, -0.15) is 0 Å². The number of nitrogens with one attached hydrogen (secondary N) is 2. The van der Waals surface area contributed by atoms with Gasteiger partial charge in [0.15, 0.2) is 0 Å². The zero-order chi connectivity index (χ0) is 18.4. The highest BCUT2D eigenvalue weighted by Crippen LogP contribution is 2.17. The molecule has 1 aromatic carbocycles. The third-order valence-electron chi connectivity index (χ3n) is 4.71. The van der Waals surface area contributed by atoms with Crippen molar-refractivity contribution < 1.29 is 9.59 Å². The van der Waals surface area contributed by atoms with Crippen molar-refractivity contribution in [2.24, 2.45) is 11.7 Å². The molecule has 0 radical (unpaired) electrons. The second-order valence-corrected chi connectivity index (χ2v) is 6.69. The molecule has 0 bridgehead atoms. The van der Waals surface area contributed by atoms with E-state index >= 15 is 0 Å². The van der Waals surface area contributed by atoms with E-state index in [1.165, 1.54) is 0 Å². The van der Waals surface area contributed by atoms with E-state index in [0.717, 1.165) is 49.8 Å². The van der Waals surface area contributed by atoms with Gasteiger partial charge in [0, 0.05) is 30.4 Å². The van der Waals surface area contributed by atoms with E-state index in [1.807, 2.05) is 30.3 Å². The molecule has 1 aromatic heterocycles. The molecule has 3 amide bonds. The third-order valence-corrected chi connectivity index (χ3v) is 4.71. The van der Waals surface area contributed by atoms with Crippen LogP contribution in [0.15, 0.2) is 36.5 Å². The van der Waals surface area contributed by atoms with Crippen molar-refractivity contribution in [3.05, 3.63) is 36.5 Å². The second kappa shape index (κ2) is 8.62. The molecule has 3 rings (SSSR count). The average molecular weight is 355 g/mol. The number of nitrogens with zero attached hydrogens (tertiary/aromatic N) is 2. The van der Waals surface area contributed by atoms with E-state index < -0.39 is 0 Å². The van der Waals surface area contributed by atoms with Crippen molar-refractivity contribution in [2.45, 2.75) is 19.3 Å². The number of anilines is 1. The first kappa shape index (κ1) is 18.1. The maximum atomic E-state index is 12.0. The molecule has 0 saturated carbocycles. The van der Waals surface area contributed by atoms with Gasteiger partial charge in [-0.1, -0.05) is 12.1 Å². The van der Waals surface area contributed by atoms with Crippen LogP contribution in [0, 0.1) is 5.92 Å². The summed E-state index contributed by atoms with van der Waals surface area (Å²) < 4.78 is 0. The maximum absolute atomic E-state index is 12.0. The summed E-state index contributed by atoms with van der Waals surface area (Å²) in [5.41, 5.74) is 6.96. The first-order valence-corrected chi connectivity index (χ1v) is 9.03. The fourth-order valence-corrected chi connectivity index (χ4v) is 3.31. The number of hydrogen-bond acceptors (Lipinski definition) is 4. The van der Waals surface area contributed by atoms with Crippen molar-refractivity contribution in [1.29, 1.82) is 0 Å². The molecule has 7 nitrogen and oxygen atoms in total. The molecule has 1 aliphatic rings. The Kier molecular flexibility index (Phi) is 6.01. The lowest BCUT2D eigenvalue weighted by atomic mass is 9.97. The lowest BCUT2D eigenvalue weighted by Gasteiger charge is -2.31. The zero-order valence-electron chi connectivity index (χ0n) is 14.8. The number of hydrogen-bond donors (Lipinski definition) is 3. The maximum Gasteiger partial charge on any atom is 0.319 e. The molecule has 4 N–H and O–H groups in total. The van der Waals surface area contributed by atoms with Gasteiger partial charge in [0.05, 0.1) is 11.4 Å². The van der Waals surface area contributed by atoms with E-state index in [1.54, 1.807) is 6.20 Å². The van der Waals surface area contributed by atoms with Crippen molar-refractivity contribution in [3.63, 3.8) is 0 Å². The number of carbonyl (C=O) groups is 2. The molecule has 26 heavy (non-hydrogen) atoms. The summed E-state index contributed by atoms with van der Waals surface area (Å²) in [7, 11) is 0. The van der Waals surface area contributed by atoms with Crippen molar-refractivity contribution >= 4 is 28.5 Å². The smallest absolute Gasteiger partial charge is 0.319 e. The van der Waals surface area contributed by atoms with Crippen LogP contribution in [0.2, 0.25) is 0 Å². The minimum absolute atomic E-state index is 0.0403. The normalized spacial score (nSPS) is 17.8. The number of amides is 3. The van der Waals surface area contributed by atoms with E-state index in [9.17, 15) is 9.59 Å². The van der Waals surface area contributed by atoms with Crippen molar-refractivity contribution in [2.75, 3.05) is 31.5 Å². The Labute approximate surface area is 152 Å². The summed E-state index contributed by atoms with van der Waals surface area (Å²) in [6, 6.07) is 9.29. The van der Waals surface area contributed by atoms with E-state index in [-0.39, 0.29) is 17.9 Å². The van der Waals surface area contributed by atoms with Crippen LogP contribution in [0.1, 0.15) is 19.3 Å². The predicted octanol–water partition coefficient (Wildman–Crippen LogP) is 1.94. The SMILES string of the molecule is NC(=O)[C@@H]1CCCN(CCCNC(=O)Nc2ccc3cccnc3c2)C1. The number of rotatable bonds is 6. The highest BCUT2D eigenvalue weighted by molar-refractivity contribution is 5.92. The quantitative estimate of drug-likeness (QED) is 0.689. The van der Waals surface area contributed by atoms with Gasteiger partial charge in [-0.25, -0.2) is 4.79 Å². The van der Waals surface area contributed by atoms with Crippen LogP contribution in [0.3, 0.4) is 0 Å². The van der Waals surface area contributed by atoms with Crippen molar-refractivity contribution in [3.8, 4) is 0 Å². The number of likely N-dealkylation sites (tertiary alicyclic amines) is 1. The van der Waals surface area contributed by atoms with Crippen LogP contribution in [0.25, 0.3) is 10.9 Å². The number of urea groups is 1. The van der Waals surface area contributed by atoms with Gasteiger partial charge in [0.25, 0.3) is 0 Å². The minimum atomic E-state index is -0.228. The topological polar surface area (TPSA) is 100 Å². The molecule has 1 fully saturated rings. The Balaban J connectivity index is 1.39. The molecule has 0 spiro atoms. The number of fused-ring (bicyclic) bond motifs is 1. The van der Waals surface area contributed by atoms with Gasteiger partial charge < -0.3 is 21.3 Å². The molecular formula is C19H25N5O2. The predicted molar refractivity (Wildman–Crippen MR) is 102 cm³/mol. The lowest BCUT2D eigenvalue weighted by Crippen LogP contribution is -2.42. The first-order valence-electron chi connectivity index (χ1n) is 9.03. The standard InChI is InChI=1S/C19H25N5O2/c20-18(25)15-5-2-10-24(13-15)11-3-9-22-19(26)23-16-7-6-14-4-1-8-21-17(14)12-16/h1,4,6-8,12,15H,2-3,5,9-11,13H2,(H2,20,25)(H2,22,23,26)/t15-/m1/s1. The van der Waals surface area contributed by atoms with Gasteiger partial charge in [-0.05, 0) is 50.6 Å². The van der Waals surface area contributed by atoms with Gasteiger partial charge in [-0.15, -0.1) is 0 Å². The van der Waals surface area contributed by atoms with E-state index in [2.05, 4.69) is 20.5 Å².